The van der Waals surface area contributed by atoms with E-state index in [1.807, 2.05) is 50.4 Å². The number of carbonyl (C=O) groups is 1. The quantitative estimate of drug-likeness (QED) is 0.702. The molecule has 4 rings (SSSR count). The van der Waals surface area contributed by atoms with Gasteiger partial charge in [0.1, 0.15) is 11.3 Å². The van der Waals surface area contributed by atoms with Crippen LogP contribution in [0.1, 0.15) is 29.8 Å². The maximum Gasteiger partial charge on any atom is 0.225 e. The molecule has 1 fully saturated rings. The molecule has 3 aromatic rings. The molecule has 0 spiro atoms. The van der Waals surface area contributed by atoms with E-state index in [9.17, 15) is 4.79 Å². The van der Waals surface area contributed by atoms with Crippen molar-refractivity contribution in [2.24, 2.45) is 5.92 Å². The summed E-state index contributed by atoms with van der Waals surface area (Å²) >= 11 is 0. The Morgan fingerprint density at radius 1 is 1.20 bits per heavy atom. The summed E-state index contributed by atoms with van der Waals surface area (Å²) in [5, 5.41) is 3.08. The molecule has 0 saturated carbocycles. The summed E-state index contributed by atoms with van der Waals surface area (Å²) in [6, 6.07) is 9.78. The monoisotopic (exact) mass is 405 g/mol. The van der Waals surface area contributed by atoms with Crippen molar-refractivity contribution in [1.29, 1.82) is 0 Å². The third kappa shape index (κ3) is 4.35. The smallest absolute Gasteiger partial charge is 0.225 e. The van der Waals surface area contributed by atoms with Gasteiger partial charge in [0.05, 0.1) is 36.3 Å². The molecule has 1 N–H and O–H groups in total. The Hall–Kier alpha value is -3.22. The normalized spacial score (nSPS) is 16.5. The van der Waals surface area contributed by atoms with Gasteiger partial charge >= 0.3 is 0 Å². The molecular formula is C23H27N5O2. The van der Waals surface area contributed by atoms with E-state index in [4.69, 9.17) is 4.74 Å². The minimum Gasteiger partial charge on any atom is -0.497 e. The van der Waals surface area contributed by atoms with Crippen LogP contribution >= 0.6 is 0 Å². The molecule has 2 aromatic heterocycles. The molecule has 156 valence electrons. The van der Waals surface area contributed by atoms with Crippen molar-refractivity contribution in [3.8, 4) is 5.75 Å². The molecule has 1 amide bonds. The third-order valence-electron chi connectivity index (χ3n) is 5.70. The molecule has 3 heterocycles. The number of nitrogens with one attached hydrogen (secondary N) is 1. The van der Waals surface area contributed by atoms with Crippen LogP contribution in [-0.4, -0.2) is 41.1 Å². The Morgan fingerprint density at radius 3 is 2.73 bits per heavy atom. The molecule has 1 unspecified atom stereocenters. The second kappa shape index (κ2) is 8.65. The standard InChI is InChI=1S/C23H27N5O2/c1-15-16(2)27-22-21(26-15)11-19(13-24-22)28-10-4-5-18(14-28)23(29)25-12-17-6-8-20(30-3)9-7-17/h6-9,11,13,18H,4-5,10,12,14H2,1-3H3,(H,25,29). The molecule has 1 aromatic carbocycles. The summed E-state index contributed by atoms with van der Waals surface area (Å²) in [4.78, 5) is 28.6. The largest absolute Gasteiger partial charge is 0.497 e. The fourth-order valence-corrected chi connectivity index (χ4v) is 3.78. The highest BCUT2D eigenvalue weighted by atomic mass is 16.5. The molecule has 7 heteroatoms. The minimum atomic E-state index is -0.0430. The van der Waals surface area contributed by atoms with E-state index in [2.05, 4.69) is 25.2 Å². The highest BCUT2D eigenvalue weighted by Gasteiger charge is 2.26. The first-order valence-electron chi connectivity index (χ1n) is 10.3. The summed E-state index contributed by atoms with van der Waals surface area (Å²) < 4.78 is 5.18. The van der Waals surface area contributed by atoms with Gasteiger partial charge in [-0.05, 0) is 50.5 Å². The number of carbonyl (C=O) groups excluding carboxylic acids is 1. The summed E-state index contributed by atoms with van der Waals surface area (Å²) in [5.41, 5.74) is 5.31. The van der Waals surface area contributed by atoms with Crippen molar-refractivity contribution in [2.75, 3.05) is 25.1 Å². The highest BCUT2D eigenvalue weighted by molar-refractivity contribution is 5.80. The second-order valence-corrected chi connectivity index (χ2v) is 7.78. The fraction of sp³-hybridized carbons (Fsp3) is 0.391. The number of anilines is 1. The van der Waals surface area contributed by atoms with Crippen molar-refractivity contribution in [1.82, 2.24) is 20.3 Å². The summed E-state index contributed by atoms with van der Waals surface area (Å²) in [6.07, 6.45) is 3.70. The Balaban J connectivity index is 1.41. The van der Waals surface area contributed by atoms with E-state index in [0.29, 0.717) is 18.7 Å². The van der Waals surface area contributed by atoms with Crippen LogP contribution < -0.4 is 15.0 Å². The first-order chi connectivity index (χ1) is 14.5. The van der Waals surface area contributed by atoms with Crippen molar-refractivity contribution < 1.29 is 9.53 Å². The molecule has 1 atom stereocenters. The molecule has 1 saturated heterocycles. The van der Waals surface area contributed by atoms with E-state index in [-0.39, 0.29) is 11.8 Å². The molecule has 1 aliphatic heterocycles. The summed E-state index contributed by atoms with van der Waals surface area (Å²) in [7, 11) is 1.64. The van der Waals surface area contributed by atoms with Gasteiger partial charge in [0, 0.05) is 19.6 Å². The van der Waals surface area contributed by atoms with Crippen LogP contribution in [0.5, 0.6) is 5.75 Å². The van der Waals surface area contributed by atoms with Crippen LogP contribution in [0.15, 0.2) is 36.5 Å². The number of piperidine rings is 1. The zero-order chi connectivity index (χ0) is 21.1. The summed E-state index contributed by atoms with van der Waals surface area (Å²) in [6.45, 7) is 6.01. The number of ether oxygens (including phenoxy) is 1. The minimum absolute atomic E-state index is 0.0430. The van der Waals surface area contributed by atoms with Crippen LogP contribution in [0.4, 0.5) is 5.69 Å². The summed E-state index contributed by atoms with van der Waals surface area (Å²) in [5.74, 6) is 0.862. The van der Waals surface area contributed by atoms with E-state index in [0.717, 1.165) is 53.3 Å². The Labute approximate surface area is 176 Å². The maximum atomic E-state index is 12.8. The number of hydrogen-bond donors (Lipinski definition) is 1. The van der Waals surface area contributed by atoms with E-state index < -0.39 is 0 Å². The third-order valence-corrected chi connectivity index (χ3v) is 5.70. The van der Waals surface area contributed by atoms with Gasteiger partial charge in [-0.25, -0.2) is 15.0 Å². The van der Waals surface area contributed by atoms with Crippen LogP contribution in [0.3, 0.4) is 0 Å². The highest BCUT2D eigenvalue weighted by Crippen LogP contribution is 2.25. The average molecular weight is 406 g/mol. The topological polar surface area (TPSA) is 80.2 Å². The lowest BCUT2D eigenvalue weighted by atomic mass is 9.96. The Kier molecular flexibility index (Phi) is 5.79. The molecular weight excluding hydrogens is 378 g/mol. The molecule has 0 radical (unpaired) electrons. The van der Waals surface area contributed by atoms with Crippen molar-refractivity contribution >= 4 is 22.8 Å². The molecule has 0 aliphatic carbocycles. The second-order valence-electron chi connectivity index (χ2n) is 7.78. The zero-order valence-electron chi connectivity index (χ0n) is 17.7. The van der Waals surface area contributed by atoms with Crippen LogP contribution in [0.2, 0.25) is 0 Å². The van der Waals surface area contributed by atoms with Gasteiger partial charge in [-0.15, -0.1) is 0 Å². The number of hydrogen-bond acceptors (Lipinski definition) is 6. The number of nitrogens with zero attached hydrogens (tertiary/aromatic N) is 4. The van der Waals surface area contributed by atoms with Crippen LogP contribution in [-0.2, 0) is 11.3 Å². The predicted octanol–water partition coefficient (Wildman–Crippen LogP) is 3.18. The Morgan fingerprint density at radius 2 is 1.97 bits per heavy atom. The lowest BCUT2D eigenvalue weighted by molar-refractivity contribution is -0.125. The predicted molar refractivity (Wildman–Crippen MR) is 117 cm³/mol. The Bertz CT molecular complexity index is 1050. The van der Waals surface area contributed by atoms with Gasteiger partial charge in [-0.3, -0.25) is 4.79 Å². The SMILES string of the molecule is COc1ccc(CNC(=O)C2CCCN(c3cnc4nc(C)c(C)nc4c3)C2)cc1. The molecule has 1 aliphatic rings. The zero-order valence-corrected chi connectivity index (χ0v) is 17.7. The van der Waals surface area contributed by atoms with Crippen LogP contribution in [0, 0.1) is 19.8 Å². The van der Waals surface area contributed by atoms with Crippen molar-refractivity contribution in [3.63, 3.8) is 0 Å². The fourth-order valence-electron chi connectivity index (χ4n) is 3.78. The first-order valence-corrected chi connectivity index (χ1v) is 10.3. The van der Waals surface area contributed by atoms with Gasteiger partial charge in [0.2, 0.25) is 5.91 Å². The van der Waals surface area contributed by atoms with E-state index in [1.165, 1.54) is 0 Å². The van der Waals surface area contributed by atoms with Gasteiger partial charge in [0.15, 0.2) is 5.65 Å². The van der Waals surface area contributed by atoms with Gasteiger partial charge in [0.25, 0.3) is 0 Å². The molecule has 30 heavy (non-hydrogen) atoms. The van der Waals surface area contributed by atoms with E-state index >= 15 is 0 Å². The number of aromatic nitrogens is 3. The molecule has 0 bridgehead atoms. The number of amides is 1. The number of fused-ring (bicyclic) bond motifs is 1. The lowest BCUT2D eigenvalue weighted by Crippen LogP contribution is -2.43. The number of pyridine rings is 1. The van der Waals surface area contributed by atoms with Gasteiger partial charge in [-0.2, -0.15) is 0 Å². The van der Waals surface area contributed by atoms with Gasteiger partial charge in [-0.1, -0.05) is 12.1 Å². The number of methoxy groups -OCH3 is 1. The molecule has 7 nitrogen and oxygen atoms in total. The van der Waals surface area contributed by atoms with Crippen molar-refractivity contribution in [3.05, 3.63) is 53.5 Å². The first kappa shape index (κ1) is 20.1. The number of rotatable bonds is 5. The lowest BCUT2D eigenvalue weighted by Gasteiger charge is -2.33. The number of benzene rings is 1. The maximum absolute atomic E-state index is 12.8. The van der Waals surface area contributed by atoms with Gasteiger partial charge < -0.3 is 15.0 Å². The van der Waals surface area contributed by atoms with E-state index in [1.54, 1.807) is 7.11 Å². The average Bonchev–Trinajstić information content (AvgIpc) is 2.78. The van der Waals surface area contributed by atoms with Crippen molar-refractivity contribution in [2.45, 2.75) is 33.2 Å². The number of aryl methyl sites for hydroxylation is 2. The van der Waals surface area contributed by atoms with Crippen LogP contribution in [0.25, 0.3) is 11.2 Å².